The number of nitrogens with zero attached hydrogens (tertiary/aromatic N) is 2. The molecule has 17 heavy (non-hydrogen) atoms. The van der Waals surface area contributed by atoms with Gasteiger partial charge in [0, 0.05) is 19.8 Å². The minimum absolute atomic E-state index is 0.915. The molecule has 2 aliphatic carbocycles. The quantitative estimate of drug-likeness (QED) is 0.866. The predicted octanol–water partition coefficient (Wildman–Crippen LogP) is 2.83. The van der Waals surface area contributed by atoms with Gasteiger partial charge in [0.25, 0.3) is 0 Å². The van der Waals surface area contributed by atoms with Crippen LogP contribution in [0.2, 0.25) is 0 Å². The first kappa shape index (κ1) is 11.1. The number of hydrogen-bond acceptors (Lipinski definition) is 2. The SMILES string of the molecule is CCc1nn(C)cc1NCC1CC2CCC1C2. The van der Waals surface area contributed by atoms with Gasteiger partial charge >= 0.3 is 0 Å². The van der Waals surface area contributed by atoms with Gasteiger partial charge in [-0.15, -0.1) is 0 Å². The third-order valence-electron chi connectivity index (χ3n) is 4.68. The highest BCUT2D eigenvalue weighted by Gasteiger charge is 2.39. The normalized spacial score (nSPS) is 31.1. The molecule has 1 aromatic heterocycles. The van der Waals surface area contributed by atoms with Crippen molar-refractivity contribution in [1.82, 2.24) is 9.78 Å². The Morgan fingerprint density at radius 1 is 1.41 bits per heavy atom. The first-order valence-corrected chi connectivity index (χ1v) is 7.02. The summed E-state index contributed by atoms with van der Waals surface area (Å²) in [5, 5.41) is 8.10. The Balaban J connectivity index is 1.60. The second-order valence-electron chi connectivity index (χ2n) is 5.83. The van der Waals surface area contributed by atoms with Crippen LogP contribution in [0.15, 0.2) is 6.20 Å². The fourth-order valence-electron chi connectivity index (χ4n) is 3.81. The van der Waals surface area contributed by atoms with E-state index in [1.807, 2.05) is 11.7 Å². The van der Waals surface area contributed by atoms with E-state index in [9.17, 15) is 0 Å². The van der Waals surface area contributed by atoms with E-state index in [0.29, 0.717) is 0 Å². The number of anilines is 1. The van der Waals surface area contributed by atoms with Crippen molar-refractivity contribution in [2.24, 2.45) is 24.8 Å². The summed E-state index contributed by atoms with van der Waals surface area (Å²) < 4.78 is 1.92. The van der Waals surface area contributed by atoms with Crippen LogP contribution < -0.4 is 5.32 Å². The van der Waals surface area contributed by atoms with Crippen LogP contribution in [0.5, 0.6) is 0 Å². The molecule has 1 aromatic rings. The van der Waals surface area contributed by atoms with Gasteiger partial charge in [-0.2, -0.15) is 5.10 Å². The summed E-state index contributed by atoms with van der Waals surface area (Å²) in [5.41, 5.74) is 2.45. The molecular weight excluding hydrogens is 210 g/mol. The molecule has 1 heterocycles. The zero-order valence-corrected chi connectivity index (χ0v) is 10.9. The molecular formula is C14H23N3. The first-order chi connectivity index (χ1) is 8.26. The third kappa shape index (κ3) is 2.07. The number of aromatic nitrogens is 2. The van der Waals surface area contributed by atoms with Crippen molar-refractivity contribution < 1.29 is 0 Å². The van der Waals surface area contributed by atoms with Crippen LogP contribution in [0.1, 0.15) is 38.3 Å². The van der Waals surface area contributed by atoms with Gasteiger partial charge in [-0.3, -0.25) is 4.68 Å². The first-order valence-electron chi connectivity index (χ1n) is 7.02. The zero-order valence-electron chi connectivity index (χ0n) is 10.9. The molecule has 3 atom stereocenters. The van der Waals surface area contributed by atoms with E-state index in [0.717, 1.165) is 30.7 Å². The van der Waals surface area contributed by atoms with Gasteiger partial charge in [0.15, 0.2) is 0 Å². The van der Waals surface area contributed by atoms with Gasteiger partial charge in [-0.25, -0.2) is 0 Å². The smallest absolute Gasteiger partial charge is 0.0853 e. The Hall–Kier alpha value is -0.990. The Labute approximate surface area is 104 Å². The molecule has 1 N–H and O–H groups in total. The van der Waals surface area contributed by atoms with Gasteiger partial charge in [0.2, 0.25) is 0 Å². The average molecular weight is 233 g/mol. The number of rotatable bonds is 4. The molecule has 94 valence electrons. The van der Waals surface area contributed by atoms with E-state index in [1.165, 1.54) is 37.1 Å². The molecule has 3 nitrogen and oxygen atoms in total. The predicted molar refractivity (Wildman–Crippen MR) is 70.0 cm³/mol. The third-order valence-corrected chi connectivity index (χ3v) is 4.68. The minimum atomic E-state index is 0.915. The monoisotopic (exact) mass is 233 g/mol. The summed E-state index contributed by atoms with van der Waals surface area (Å²) in [6.07, 6.45) is 9.06. The summed E-state index contributed by atoms with van der Waals surface area (Å²) in [6.45, 7) is 3.32. The summed E-state index contributed by atoms with van der Waals surface area (Å²) in [5.74, 6) is 2.97. The van der Waals surface area contributed by atoms with Crippen molar-refractivity contribution in [2.75, 3.05) is 11.9 Å². The molecule has 2 aliphatic rings. The topological polar surface area (TPSA) is 29.9 Å². The lowest BCUT2D eigenvalue weighted by atomic mass is 9.89. The second-order valence-corrected chi connectivity index (χ2v) is 5.83. The molecule has 2 fully saturated rings. The molecule has 0 saturated heterocycles. The van der Waals surface area contributed by atoms with Gasteiger partial charge in [0.1, 0.15) is 0 Å². The molecule has 2 saturated carbocycles. The van der Waals surface area contributed by atoms with Gasteiger partial charge in [-0.1, -0.05) is 13.3 Å². The van der Waals surface area contributed by atoms with Crippen LogP contribution in [-0.4, -0.2) is 16.3 Å². The van der Waals surface area contributed by atoms with Crippen molar-refractivity contribution in [1.29, 1.82) is 0 Å². The number of fused-ring (bicyclic) bond motifs is 2. The molecule has 2 bridgehead atoms. The fourth-order valence-corrected chi connectivity index (χ4v) is 3.81. The molecule has 0 aliphatic heterocycles. The van der Waals surface area contributed by atoms with Crippen molar-refractivity contribution in [3.8, 4) is 0 Å². The van der Waals surface area contributed by atoms with Crippen LogP contribution in [0, 0.1) is 17.8 Å². The summed E-state index contributed by atoms with van der Waals surface area (Å²) in [6, 6.07) is 0. The van der Waals surface area contributed by atoms with E-state index in [1.54, 1.807) is 0 Å². The Bertz CT molecular complexity index is 396. The fraction of sp³-hybridized carbons (Fsp3) is 0.786. The molecule has 3 heteroatoms. The maximum absolute atomic E-state index is 4.48. The zero-order chi connectivity index (χ0) is 11.8. The van der Waals surface area contributed by atoms with Crippen LogP contribution in [0.4, 0.5) is 5.69 Å². The van der Waals surface area contributed by atoms with Crippen molar-refractivity contribution in [2.45, 2.75) is 39.0 Å². The standard InChI is InChI=1S/C14H23N3/c1-3-13-14(9-17(2)16-13)15-8-12-7-10-4-5-11(12)6-10/h9-12,15H,3-8H2,1-2H3. The van der Waals surface area contributed by atoms with E-state index in [4.69, 9.17) is 0 Å². The summed E-state index contributed by atoms with van der Waals surface area (Å²) in [4.78, 5) is 0. The van der Waals surface area contributed by atoms with Gasteiger partial charge in [0.05, 0.1) is 11.4 Å². The Morgan fingerprint density at radius 2 is 2.29 bits per heavy atom. The highest BCUT2D eigenvalue weighted by atomic mass is 15.3. The lowest BCUT2D eigenvalue weighted by molar-refractivity contribution is 0.348. The average Bonchev–Trinajstić information content (AvgIpc) is 3.00. The second kappa shape index (κ2) is 4.35. The van der Waals surface area contributed by atoms with Crippen molar-refractivity contribution in [3.05, 3.63) is 11.9 Å². The van der Waals surface area contributed by atoms with Crippen LogP contribution in [-0.2, 0) is 13.5 Å². The van der Waals surface area contributed by atoms with Crippen molar-refractivity contribution in [3.63, 3.8) is 0 Å². The molecule has 3 rings (SSSR count). The highest BCUT2D eigenvalue weighted by molar-refractivity contribution is 5.46. The number of nitrogens with one attached hydrogen (secondary N) is 1. The highest BCUT2D eigenvalue weighted by Crippen LogP contribution is 2.48. The van der Waals surface area contributed by atoms with Crippen LogP contribution in [0.3, 0.4) is 0 Å². The molecule has 0 amide bonds. The lowest BCUT2D eigenvalue weighted by Gasteiger charge is -2.22. The van der Waals surface area contributed by atoms with E-state index >= 15 is 0 Å². The van der Waals surface area contributed by atoms with Gasteiger partial charge in [-0.05, 0) is 43.4 Å². The largest absolute Gasteiger partial charge is 0.382 e. The summed E-state index contributed by atoms with van der Waals surface area (Å²) in [7, 11) is 2.00. The Morgan fingerprint density at radius 3 is 2.94 bits per heavy atom. The van der Waals surface area contributed by atoms with Crippen LogP contribution >= 0.6 is 0 Å². The summed E-state index contributed by atoms with van der Waals surface area (Å²) >= 11 is 0. The molecule has 0 radical (unpaired) electrons. The number of aryl methyl sites for hydroxylation is 2. The molecule has 3 unspecified atom stereocenters. The molecule has 0 aromatic carbocycles. The van der Waals surface area contributed by atoms with Gasteiger partial charge < -0.3 is 5.32 Å². The Kier molecular flexibility index (Phi) is 2.85. The van der Waals surface area contributed by atoms with Crippen molar-refractivity contribution >= 4 is 5.69 Å². The van der Waals surface area contributed by atoms with Crippen LogP contribution in [0.25, 0.3) is 0 Å². The van der Waals surface area contributed by atoms with E-state index in [-0.39, 0.29) is 0 Å². The number of hydrogen-bond donors (Lipinski definition) is 1. The van der Waals surface area contributed by atoms with E-state index in [2.05, 4.69) is 23.5 Å². The minimum Gasteiger partial charge on any atom is -0.382 e. The lowest BCUT2D eigenvalue weighted by Crippen LogP contribution is -2.20. The maximum Gasteiger partial charge on any atom is 0.0853 e. The van der Waals surface area contributed by atoms with E-state index < -0.39 is 0 Å². The maximum atomic E-state index is 4.48. The molecule has 0 spiro atoms.